The molecule has 2 heteroatoms. The molecule has 0 radical (unpaired) electrons. The summed E-state index contributed by atoms with van der Waals surface area (Å²) in [6.07, 6.45) is 0. The van der Waals surface area contributed by atoms with Crippen molar-refractivity contribution >= 4 is 21.6 Å². The van der Waals surface area contributed by atoms with Gasteiger partial charge in [0, 0.05) is 15.8 Å². The quantitative estimate of drug-likeness (QED) is 0.295. The highest BCUT2D eigenvalue weighted by Crippen LogP contribution is 2.37. The lowest BCUT2D eigenvalue weighted by Gasteiger charge is -2.09. The molecule has 5 aromatic rings. The monoisotopic (exact) mass is 405 g/mol. The number of benzene rings is 3. The summed E-state index contributed by atoms with van der Waals surface area (Å²) in [7, 11) is 0. The summed E-state index contributed by atoms with van der Waals surface area (Å²) in [6.45, 7) is 6.56. The number of hydrogen-bond acceptors (Lipinski definition) is 2. The van der Waals surface area contributed by atoms with Crippen LogP contribution in [0.15, 0.2) is 84.9 Å². The van der Waals surface area contributed by atoms with E-state index in [2.05, 4.69) is 106 Å². The van der Waals surface area contributed by atoms with Gasteiger partial charge in [-0.25, -0.2) is 4.98 Å². The van der Waals surface area contributed by atoms with Crippen molar-refractivity contribution < 1.29 is 0 Å². The highest BCUT2D eigenvalue weighted by Gasteiger charge is 2.12. The van der Waals surface area contributed by atoms with Gasteiger partial charge in [0.1, 0.15) is 4.83 Å². The van der Waals surface area contributed by atoms with E-state index in [0.717, 1.165) is 16.1 Å². The number of thiophene rings is 1. The van der Waals surface area contributed by atoms with Gasteiger partial charge in [-0.05, 0) is 72.9 Å². The van der Waals surface area contributed by atoms with E-state index in [9.17, 15) is 0 Å². The molecule has 1 nitrogen and oxygen atoms in total. The number of pyridine rings is 1. The molecule has 30 heavy (non-hydrogen) atoms. The molecular formula is C28H23NS. The Morgan fingerprint density at radius 1 is 0.633 bits per heavy atom. The van der Waals surface area contributed by atoms with Crippen molar-refractivity contribution in [1.82, 2.24) is 4.98 Å². The second-order valence-electron chi connectivity index (χ2n) is 7.92. The molecule has 5 rings (SSSR count). The largest absolute Gasteiger partial charge is 0.237 e. The van der Waals surface area contributed by atoms with Crippen LogP contribution in [0.5, 0.6) is 0 Å². The van der Waals surface area contributed by atoms with Crippen LogP contribution < -0.4 is 0 Å². The Balaban J connectivity index is 1.57. The summed E-state index contributed by atoms with van der Waals surface area (Å²) < 4.78 is 0. The lowest BCUT2D eigenvalue weighted by Crippen LogP contribution is -1.87. The third-order valence-corrected chi connectivity index (χ3v) is 6.63. The second kappa shape index (κ2) is 7.55. The van der Waals surface area contributed by atoms with Gasteiger partial charge in [0.05, 0.1) is 5.69 Å². The zero-order valence-electron chi connectivity index (χ0n) is 17.4. The Labute approximate surface area is 181 Å². The van der Waals surface area contributed by atoms with Crippen molar-refractivity contribution in [2.45, 2.75) is 20.8 Å². The van der Waals surface area contributed by atoms with E-state index in [4.69, 9.17) is 4.98 Å². The van der Waals surface area contributed by atoms with Crippen LogP contribution in [0, 0.1) is 20.8 Å². The summed E-state index contributed by atoms with van der Waals surface area (Å²) in [5, 5.41) is 1.21. The van der Waals surface area contributed by atoms with Crippen LogP contribution >= 0.6 is 11.3 Å². The van der Waals surface area contributed by atoms with Gasteiger partial charge in [-0.15, -0.1) is 11.3 Å². The first-order valence-corrected chi connectivity index (χ1v) is 11.0. The third-order valence-electron chi connectivity index (χ3n) is 5.57. The van der Waals surface area contributed by atoms with E-state index in [0.29, 0.717) is 0 Å². The number of aromatic nitrogens is 1. The van der Waals surface area contributed by atoms with Gasteiger partial charge in [0.2, 0.25) is 0 Å². The van der Waals surface area contributed by atoms with Gasteiger partial charge in [0.25, 0.3) is 0 Å². The minimum absolute atomic E-state index is 1.02. The van der Waals surface area contributed by atoms with E-state index in [1.165, 1.54) is 43.6 Å². The number of fused-ring (bicyclic) bond motifs is 1. The molecule has 0 saturated carbocycles. The van der Waals surface area contributed by atoms with Crippen molar-refractivity contribution in [1.29, 1.82) is 0 Å². The molecule has 0 spiro atoms. The normalized spacial score (nSPS) is 11.2. The van der Waals surface area contributed by atoms with Gasteiger partial charge in [-0.1, -0.05) is 66.2 Å². The maximum absolute atomic E-state index is 5.02. The summed E-state index contributed by atoms with van der Waals surface area (Å²) >= 11 is 1.78. The Hall–Kier alpha value is -3.23. The molecule has 0 saturated heterocycles. The van der Waals surface area contributed by atoms with E-state index in [-0.39, 0.29) is 0 Å². The molecular weight excluding hydrogens is 382 g/mol. The Bertz CT molecular complexity index is 1340. The van der Waals surface area contributed by atoms with Crippen molar-refractivity contribution in [3.8, 4) is 32.8 Å². The maximum atomic E-state index is 5.02. The van der Waals surface area contributed by atoms with Crippen LogP contribution in [0.25, 0.3) is 43.0 Å². The Morgan fingerprint density at radius 3 is 2.10 bits per heavy atom. The Morgan fingerprint density at radius 2 is 1.33 bits per heavy atom. The first-order valence-electron chi connectivity index (χ1n) is 10.2. The molecule has 0 atom stereocenters. The van der Waals surface area contributed by atoms with Crippen LogP contribution in [0.2, 0.25) is 0 Å². The van der Waals surface area contributed by atoms with Crippen molar-refractivity contribution in [2.24, 2.45) is 0 Å². The summed E-state index contributed by atoms with van der Waals surface area (Å²) in [6, 6.07) is 30.3. The number of nitrogens with zero attached hydrogens (tertiary/aromatic N) is 1. The number of hydrogen-bond donors (Lipinski definition) is 0. The molecule has 0 aliphatic heterocycles. The fourth-order valence-electron chi connectivity index (χ4n) is 4.26. The Kier molecular flexibility index (Phi) is 4.72. The van der Waals surface area contributed by atoms with Crippen LogP contribution in [0.4, 0.5) is 0 Å². The van der Waals surface area contributed by atoms with Gasteiger partial charge in [-0.2, -0.15) is 0 Å². The number of aryl methyl sites for hydroxylation is 3. The van der Waals surface area contributed by atoms with Crippen LogP contribution in [0.1, 0.15) is 16.7 Å². The second-order valence-corrected chi connectivity index (χ2v) is 8.95. The zero-order chi connectivity index (χ0) is 20.7. The molecule has 0 aliphatic carbocycles. The van der Waals surface area contributed by atoms with E-state index >= 15 is 0 Å². The number of rotatable bonds is 3. The molecule has 2 heterocycles. The van der Waals surface area contributed by atoms with Crippen LogP contribution in [0.3, 0.4) is 0 Å². The lowest BCUT2D eigenvalue weighted by molar-refractivity contribution is 1.33. The molecule has 0 bridgehead atoms. The van der Waals surface area contributed by atoms with E-state index < -0.39 is 0 Å². The first kappa shape index (κ1) is 18.8. The molecule has 0 amide bonds. The average molecular weight is 406 g/mol. The zero-order valence-corrected chi connectivity index (χ0v) is 18.3. The molecule has 0 N–H and O–H groups in total. The molecule has 146 valence electrons. The minimum atomic E-state index is 1.02. The average Bonchev–Trinajstić information content (AvgIpc) is 3.16. The predicted molar refractivity (Wildman–Crippen MR) is 130 cm³/mol. The predicted octanol–water partition coefficient (Wildman–Crippen LogP) is 8.22. The molecule has 3 aromatic carbocycles. The van der Waals surface area contributed by atoms with Gasteiger partial charge in [0.15, 0.2) is 0 Å². The molecule has 0 aliphatic rings. The molecule has 0 fully saturated rings. The highest BCUT2D eigenvalue weighted by atomic mass is 32.1. The van der Waals surface area contributed by atoms with Crippen LogP contribution in [-0.4, -0.2) is 4.98 Å². The van der Waals surface area contributed by atoms with Crippen molar-refractivity contribution in [3.63, 3.8) is 0 Å². The summed E-state index contributed by atoms with van der Waals surface area (Å²) in [4.78, 5) is 7.41. The molecule has 0 unspecified atom stereocenters. The topological polar surface area (TPSA) is 12.9 Å². The fraction of sp³-hybridized carbons (Fsp3) is 0.107. The summed E-state index contributed by atoms with van der Waals surface area (Å²) in [5.74, 6) is 0. The van der Waals surface area contributed by atoms with Gasteiger partial charge >= 0.3 is 0 Å². The smallest absolute Gasteiger partial charge is 0.124 e. The van der Waals surface area contributed by atoms with Gasteiger partial charge < -0.3 is 0 Å². The lowest BCUT2D eigenvalue weighted by atomic mass is 9.98. The first-order chi connectivity index (χ1) is 14.6. The SMILES string of the molecule is Cc1cc(C)c(-c2cc3ccc(-c4cccc(-c5ccccc5)c4)nc3s2)c(C)c1. The van der Waals surface area contributed by atoms with Gasteiger partial charge in [-0.3, -0.25) is 0 Å². The van der Waals surface area contributed by atoms with E-state index in [1.54, 1.807) is 11.3 Å². The van der Waals surface area contributed by atoms with Crippen molar-refractivity contribution in [3.05, 3.63) is 102 Å². The molecule has 2 aromatic heterocycles. The van der Waals surface area contributed by atoms with Crippen molar-refractivity contribution in [2.75, 3.05) is 0 Å². The van der Waals surface area contributed by atoms with Crippen LogP contribution in [-0.2, 0) is 0 Å². The minimum Gasteiger partial charge on any atom is -0.237 e. The fourth-order valence-corrected chi connectivity index (χ4v) is 5.47. The van der Waals surface area contributed by atoms with E-state index in [1.807, 2.05) is 0 Å². The third kappa shape index (κ3) is 3.44. The maximum Gasteiger partial charge on any atom is 0.124 e. The summed E-state index contributed by atoms with van der Waals surface area (Å²) in [5.41, 5.74) is 9.92. The highest BCUT2D eigenvalue weighted by molar-refractivity contribution is 7.21. The standard InChI is InChI=1S/C28H23NS/c1-18-14-19(2)27(20(3)15-18)26-17-24-12-13-25(29-28(24)30-26)23-11-7-10-22(16-23)21-8-5-4-6-9-21/h4-17H,1-3H3.